The first-order valence-electron chi connectivity index (χ1n) is 5.91. The van der Waals surface area contributed by atoms with Gasteiger partial charge in [0, 0.05) is 17.3 Å². The average molecular weight is 273 g/mol. The van der Waals surface area contributed by atoms with E-state index < -0.39 is 17.4 Å². The molecule has 3 rings (SSSR count). The maximum Gasteiger partial charge on any atom is 0.228 e. The molecule has 0 unspecified atom stereocenters. The number of pyridine rings is 1. The molecule has 0 spiro atoms. The van der Waals surface area contributed by atoms with Crippen LogP contribution in [-0.2, 0) is 0 Å². The van der Waals surface area contributed by atoms with Crippen LogP contribution in [0.5, 0.6) is 0 Å². The second kappa shape index (κ2) is 4.52. The van der Waals surface area contributed by atoms with Crippen molar-refractivity contribution in [2.45, 2.75) is 6.92 Å². The van der Waals surface area contributed by atoms with Gasteiger partial charge in [-0.3, -0.25) is 4.79 Å². The first-order chi connectivity index (χ1) is 9.54. The van der Waals surface area contributed by atoms with Crippen molar-refractivity contribution in [3.05, 3.63) is 65.1 Å². The predicted octanol–water partition coefficient (Wildman–Crippen LogP) is 3.65. The van der Waals surface area contributed by atoms with E-state index >= 15 is 0 Å². The first kappa shape index (κ1) is 12.5. The number of rotatable bonds is 2. The predicted molar refractivity (Wildman–Crippen MR) is 68.5 cm³/mol. The van der Waals surface area contributed by atoms with E-state index in [1.165, 1.54) is 12.1 Å². The second-order valence-electron chi connectivity index (χ2n) is 4.40. The zero-order valence-electron chi connectivity index (χ0n) is 10.5. The summed E-state index contributed by atoms with van der Waals surface area (Å²) in [6, 6.07) is 7.94. The summed E-state index contributed by atoms with van der Waals surface area (Å²) in [5, 5.41) is 0. The highest BCUT2D eigenvalue weighted by molar-refractivity contribution is 6.08. The maximum atomic E-state index is 13.1. The molecule has 0 radical (unpaired) electrons. The van der Waals surface area contributed by atoms with Crippen LogP contribution >= 0.6 is 0 Å². The summed E-state index contributed by atoms with van der Waals surface area (Å²) in [6.07, 6.45) is 0. The van der Waals surface area contributed by atoms with Crippen molar-refractivity contribution in [2.24, 2.45) is 0 Å². The van der Waals surface area contributed by atoms with E-state index in [-0.39, 0.29) is 11.3 Å². The lowest BCUT2D eigenvalue weighted by Crippen LogP contribution is -2.01. The molecule has 0 fully saturated rings. The van der Waals surface area contributed by atoms with E-state index in [9.17, 15) is 13.6 Å². The summed E-state index contributed by atoms with van der Waals surface area (Å²) in [6.45, 7) is 1.82. The summed E-state index contributed by atoms with van der Waals surface area (Å²) in [5.74, 6) is -2.53. The number of fused-ring (bicyclic) bond motifs is 1. The molecular formula is C15H9F2NO2. The number of hydrogen-bond acceptors (Lipinski definition) is 3. The van der Waals surface area contributed by atoms with Gasteiger partial charge in [0.25, 0.3) is 0 Å². The van der Waals surface area contributed by atoms with E-state index in [2.05, 4.69) is 4.98 Å². The van der Waals surface area contributed by atoms with Gasteiger partial charge < -0.3 is 4.42 Å². The molecule has 0 atom stereocenters. The normalized spacial score (nSPS) is 10.9. The third-order valence-corrected chi connectivity index (χ3v) is 2.92. The molecule has 1 aromatic carbocycles. The van der Waals surface area contributed by atoms with Gasteiger partial charge in [0.15, 0.2) is 23.0 Å². The molecule has 0 aliphatic carbocycles. The van der Waals surface area contributed by atoms with Gasteiger partial charge in [-0.2, -0.15) is 0 Å². The molecule has 0 bridgehead atoms. The molecule has 100 valence electrons. The van der Waals surface area contributed by atoms with Crippen LogP contribution in [0.2, 0.25) is 0 Å². The lowest BCUT2D eigenvalue weighted by Gasteiger charge is -1.98. The van der Waals surface area contributed by atoms with Crippen LogP contribution in [0.25, 0.3) is 11.1 Å². The lowest BCUT2D eigenvalue weighted by molar-refractivity contribution is 0.101. The zero-order chi connectivity index (χ0) is 14.3. The Bertz CT molecular complexity index is 824. The Balaban J connectivity index is 2.05. The van der Waals surface area contributed by atoms with Crippen molar-refractivity contribution in [1.82, 2.24) is 4.98 Å². The Labute approximate surface area is 112 Å². The van der Waals surface area contributed by atoms with Crippen LogP contribution in [0.3, 0.4) is 0 Å². The number of furan rings is 1. The van der Waals surface area contributed by atoms with Gasteiger partial charge in [0.2, 0.25) is 5.78 Å². The third-order valence-electron chi connectivity index (χ3n) is 2.92. The Morgan fingerprint density at radius 2 is 1.90 bits per heavy atom. The fourth-order valence-electron chi connectivity index (χ4n) is 1.92. The summed E-state index contributed by atoms with van der Waals surface area (Å²) in [4.78, 5) is 16.4. The fourth-order valence-corrected chi connectivity index (χ4v) is 1.92. The molecule has 3 aromatic rings. The summed E-state index contributed by atoms with van der Waals surface area (Å²) >= 11 is 0. The molecule has 5 heteroatoms. The van der Waals surface area contributed by atoms with Crippen molar-refractivity contribution < 1.29 is 18.0 Å². The highest BCUT2D eigenvalue weighted by atomic mass is 19.2. The molecule has 2 heterocycles. The number of carbonyl (C=O) groups is 1. The van der Waals surface area contributed by atoms with Crippen LogP contribution < -0.4 is 0 Å². The Morgan fingerprint density at radius 1 is 1.10 bits per heavy atom. The average Bonchev–Trinajstić information content (AvgIpc) is 2.84. The van der Waals surface area contributed by atoms with Crippen LogP contribution in [0, 0.1) is 18.6 Å². The minimum atomic E-state index is -1.07. The lowest BCUT2D eigenvalue weighted by atomic mass is 10.1. The SMILES string of the molecule is Cc1ccc2oc(C(=O)c3ccc(F)c(F)c3)cc2n1. The summed E-state index contributed by atoms with van der Waals surface area (Å²) in [7, 11) is 0. The zero-order valence-corrected chi connectivity index (χ0v) is 10.5. The van der Waals surface area contributed by atoms with Gasteiger partial charge in [0.05, 0.1) is 0 Å². The third kappa shape index (κ3) is 2.07. The van der Waals surface area contributed by atoms with Gasteiger partial charge in [0.1, 0.15) is 5.52 Å². The molecule has 2 aromatic heterocycles. The minimum Gasteiger partial charge on any atom is -0.451 e. The number of halogens is 2. The highest BCUT2D eigenvalue weighted by Gasteiger charge is 2.17. The van der Waals surface area contributed by atoms with E-state index in [4.69, 9.17) is 4.42 Å². The number of hydrogen-bond donors (Lipinski definition) is 0. The van der Waals surface area contributed by atoms with Crippen molar-refractivity contribution in [2.75, 3.05) is 0 Å². The molecular weight excluding hydrogens is 264 g/mol. The van der Waals surface area contributed by atoms with E-state index in [1.807, 2.05) is 6.92 Å². The largest absolute Gasteiger partial charge is 0.451 e. The van der Waals surface area contributed by atoms with Crippen molar-refractivity contribution in [1.29, 1.82) is 0 Å². The van der Waals surface area contributed by atoms with Crippen LogP contribution in [0.4, 0.5) is 8.78 Å². The van der Waals surface area contributed by atoms with Crippen molar-refractivity contribution in [3.8, 4) is 0 Å². The van der Waals surface area contributed by atoms with Crippen LogP contribution in [0.15, 0.2) is 40.8 Å². The Hall–Kier alpha value is -2.56. The molecule has 0 amide bonds. The smallest absolute Gasteiger partial charge is 0.228 e. The van der Waals surface area contributed by atoms with E-state index in [0.717, 1.165) is 17.8 Å². The van der Waals surface area contributed by atoms with Gasteiger partial charge in [-0.05, 0) is 37.3 Å². The van der Waals surface area contributed by atoms with Gasteiger partial charge >= 0.3 is 0 Å². The van der Waals surface area contributed by atoms with Crippen molar-refractivity contribution in [3.63, 3.8) is 0 Å². The van der Waals surface area contributed by atoms with Crippen molar-refractivity contribution >= 4 is 16.9 Å². The number of ketones is 1. The standard InChI is InChI=1S/C15H9F2NO2/c1-8-2-5-13-12(18-8)7-14(20-13)15(19)9-3-4-10(16)11(17)6-9/h2-7H,1H3. The highest BCUT2D eigenvalue weighted by Crippen LogP contribution is 2.21. The molecule has 0 aliphatic rings. The molecule has 0 saturated carbocycles. The quantitative estimate of drug-likeness (QED) is 0.669. The van der Waals surface area contributed by atoms with Crippen LogP contribution in [-0.4, -0.2) is 10.8 Å². The second-order valence-corrected chi connectivity index (χ2v) is 4.40. The number of aromatic nitrogens is 1. The van der Waals surface area contributed by atoms with Crippen LogP contribution in [0.1, 0.15) is 21.8 Å². The molecule has 3 nitrogen and oxygen atoms in total. The Kier molecular flexibility index (Phi) is 2.82. The molecule has 20 heavy (non-hydrogen) atoms. The summed E-state index contributed by atoms with van der Waals surface area (Å²) in [5.41, 5.74) is 1.85. The monoisotopic (exact) mass is 273 g/mol. The molecule has 0 aliphatic heterocycles. The minimum absolute atomic E-state index is 0.0275. The number of aryl methyl sites for hydroxylation is 1. The maximum absolute atomic E-state index is 13.1. The number of carbonyl (C=O) groups excluding carboxylic acids is 1. The topological polar surface area (TPSA) is 43.1 Å². The molecule has 0 saturated heterocycles. The Morgan fingerprint density at radius 3 is 2.65 bits per heavy atom. The van der Waals surface area contributed by atoms with Gasteiger partial charge in [-0.15, -0.1) is 0 Å². The van der Waals surface area contributed by atoms with Gasteiger partial charge in [-0.25, -0.2) is 13.8 Å². The number of benzene rings is 1. The van der Waals surface area contributed by atoms with Gasteiger partial charge in [-0.1, -0.05) is 0 Å². The van der Waals surface area contributed by atoms with E-state index in [1.54, 1.807) is 12.1 Å². The summed E-state index contributed by atoms with van der Waals surface area (Å²) < 4.78 is 31.4. The van der Waals surface area contributed by atoms with E-state index in [0.29, 0.717) is 11.1 Å². The first-order valence-corrected chi connectivity index (χ1v) is 5.91. The fraction of sp³-hybridized carbons (Fsp3) is 0.0667. The molecule has 0 N–H and O–H groups in total. The number of nitrogens with zero attached hydrogens (tertiary/aromatic N) is 1.